The van der Waals surface area contributed by atoms with Gasteiger partial charge in [0.25, 0.3) is 0 Å². The van der Waals surface area contributed by atoms with Crippen LogP contribution in [0.2, 0.25) is 0 Å². The van der Waals surface area contributed by atoms with Gasteiger partial charge in [0.05, 0.1) is 6.10 Å². The van der Waals surface area contributed by atoms with Crippen molar-refractivity contribution in [3.63, 3.8) is 0 Å². The van der Waals surface area contributed by atoms with Crippen molar-refractivity contribution in [1.29, 1.82) is 0 Å². The second-order valence-electron chi connectivity index (χ2n) is 10.6. The van der Waals surface area contributed by atoms with Crippen molar-refractivity contribution in [3.05, 3.63) is 22.8 Å². The second kappa shape index (κ2) is 6.07. The molecule has 3 saturated carbocycles. The normalized spacial score (nSPS) is 50.9. The van der Waals surface area contributed by atoms with Gasteiger partial charge in [0.15, 0.2) is 17.2 Å². The van der Waals surface area contributed by atoms with Crippen LogP contribution in [0.15, 0.2) is 22.8 Å². The molecule has 0 spiro atoms. The van der Waals surface area contributed by atoms with E-state index in [9.17, 15) is 19.5 Å². The molecule has 6 heteroatoms. The van der Waals surface area contributed by atoms with Gasteiger partial charge < -0.3 is 9.84 Å². The molecule has 1 unspecified atom stereocenters. The predicted octanol–water partition coefficient (Wildman–Crippen LogP) is 3.58. The Kier molecular flexibility index (Phi) is 4.14. The molecule has 0 amide bonds. The summed E-state index contributed by atoms with van der Waals surface area (Å²) in [5.74, 6) is -0.145. The highest BCUT2D eigenvalue weighted by Gasteiger charge is 2.72. The van der Waals surface area contributed by atoms with E-state index in [2.05, 4.69) is 6.92 Å². The van der Waals surface area contributed by atoms with Crippen molar-refractivity contribution in [1.82, 2.24) is 0 Å². The molecule has 162 valence electrons. The number of aliphatic hydroxyl groups is 1. The van der Waals surface area contributed by atoms with Crippen LogP contribution in [0, 0.1) is 40.4 Å². The van der Waals surface area contributed by atoms with Crippen LogP contribution in [0.5, 0.6) is 0 Å². The standard InChI is InChI=1S/C24H29ClO5/c1-11(26)24(30-12(2)27)10-20(29)21-14-8-18(25)17-9-19(28)13-7-16(13)23(17,4)15(14)5-6-22(21,24)3/h8-9,13-16,20-21,29H,5-7,10H2,1-4H3/t13-,14+,15+,16+,20+,21-,22-,23-,24?/m0/s1. The fraction of sp³-hybridized carbons (Fsp3) is 0.708. The third-order valence-corrected chi connectivity index (χ3v) is 9.80. The highest BCUT2D eigenvalue weighted by molar-refractivity contribution is 6.32. The smallest absolute Gasteiger partial charge is 0.303 e. The maximum atomic E-state index is 12.8. The van der Waals surface area contributed by atoms with Crippen LogP contribution in [0.3, 0.4) is 0 Å². The van der Waals surface area contributed by atoms with Gasteiger partial charge in [0.1, 0.15) is 0 Å². The number of fused-ring (bicyclic) bond motifs is 7. The van der Waals surface area contributed by atoms with Gasteiger partial charge in [-0.05, 0) is 55.6 Å². The van der Waals surface area contributed by atoms with Crippen LogP contribution in [0.4, 0.5) is 0 Å². The first-order valence-electron chi connectivity index (χ1n) is 11.0. The number of Topliss-reactive ketones (excluding diaryl/α,β-unsaturated/α-hetero) is 1. The van der Waals surface area contributed by atoms with Gasteiger partial charge in [-0.15, -0.1) is 0 Å². The average Bonchev–Trinajstić information content (AvgIpc) is 3.41. The van der Waals surface area contributed by atoms with Crippen molar-refractivity contribution in [2.75, 3.05) is 0 Å². The van der Waals surface area contributed by atoms with E-state index in [-0.39, 0.29) is 47.1 Å². The first-order chi connectivity index (χ1) is 14.0. The zero-order chi connectivity index (χ0) is 21.8. The Morgan fingerprint density at radius 2 is 1.93 bits per heavy atom. The average molecular weight is 433 g/mol. The Balaban J connectivity index is 1.63. The van der Waals surface area contributed by atoms with E-state index in [1.807, 2.05) is 13.0 Å². The molecular weight excluding hydrogens is 404 g/mol. The molecule has 0 radical (unpaired) electrons. The molecule has 0 bridgehead atoms. The van der Waals surface area contributed by atoms with Crippen molar-refractivity contribution in [2.24, 2.45) is 40.4 Å². The van der Waals surface area contributed by atoms with E-state index < -0.39 is 23.1 Å². The number of hydrogen-bond acceptors (Lipinski definition) is 5. The van der Waals surface area contributed by atoms with Crippen LogP contribution in [0.25, 0.3) is 0 Å². The first kappa shape index (κ1) is 20.4. The minimum Gasteiger partial charge on any atom is -0.451 e. The number of hydrogen-bond donors (Lipinski definition) is 1. The molecule has 1 N–H and O–H groups in total. The van der Waals surface area contributed by atoms with E-state index in [0.717, 1.165) is 18.4 Å². The molecule has 5 aliphatic rings. The van der Waals surface area contributed by atoms with Crippen LogP contribution in [0.1, 0.15) is 53.4 Å². The molecule has 5 nitrogen and oxygen atoms in total. The lowest BCUT2D eigenvalue weighted by molar-refractivity contribution is -0.185. The largest absolute Gasteiger partial charge is 0.451 e. The van der Waals surface area contributed by atoms with Gasteiger partial charge in [-0.2, -0.15) is 0 Å². The summed E-state index contributed by atoms with van der Waals surface area (Å²) in [6.45, 7) is 7.01. The van der Waals surface area contributed by atoms with E-state index in [4.69, 9.17) is 16.3 Å². The summed E-state index contributed by atoms with van der Waals surface area (Å²) < 4.78 is 5.73. The highest BCUT2D eigenvalue weighted by atomic mass is 35.5. The number of esters is 1. The van der Waals surface area contributed by atoms with Crippen molar-refractivity contribution in [3.8, 4) is 0 Å². The lowest BCUT2D eigenvalue weighted by atomic mass is 9.47. The fourth-order valence-corrected chi connectivity index (χ4v) is 8.48. The van der Waals surface area contributed by atoms with Gasteiger partial charge in [-0.25, -0.2) is 0 Å². The Bertz CT molecular complexity index is 936. The zero-order valence-corrected chi connectivity index (χ0v) is 18.7. The molecule has 0 aliphatic heterocycles. The van der Waals surface area contributed by atoms with Crippen molar-refractivity contribution < 1.29 is 24.2 Å². The lowest BCUT2D eigenvalue weighted by Crippen LogP contribution is -2.58. The molecule has 5 rings (SSSR count). The van der Waals surface area contributed by atoms with E-state index in [1.54, 1.807) is 6.08 Å². The number of carbonyl (C=O) groups excluding carboxylic acids is 3. The Morgan fingerprint density at radius 1 is 1.23 bits per heavy atom. The first-order valence-corrected chi connectivity index (χ1v) is 11.4. The molecular formula is C24H29ClO5. The maximum absolute atomic E-state index is 12.8. The summed E-state index contributed by atoms with van der Waals surface area (Å²) in [5.41, 5.74) is -1.22. The third kappa shape index (κ3) is 2.26. The third-order valence-electron chi connectivity index (χ3n) is 9.47. The summed E-state index contributed by atoms with van der Waals surface area (Å²) in [6.07, 6.45) is 5.54. The Labute approximate surface area is 181 Å². The SMILES string of the molecule is CC(=O)OC1(C(C)=O)C[C@@H](O)[C@@H]2[C@@H]3C=C(Cl)C4=CC(=O)[C@H]5C[C@H]5[C@]4(C)[C@@H]3CC[C@@]21C. The molecule has 3 fully saturated rings. The number of carbonyl (C=O) groups is 3. The van der Waals surface area contributed by atoms with Gasteiger partial charge in [-0.1, -0.05) is 31.5 Å². The molecule has 0 saturated heterocycles. The molecule has 5 aliphatic carbocycles. The van der Waals surface area contributed by atoms with E-state index in [0.29, 0.717) is 17.4 Å². The number of halogens is 1. The van der Waals surface area contributed by atoms with Crippen LogP contribution in [-0.2, 0) is 19.1 Å². The number of ketones is 2. The zero-order valence-electron chi connectivity index (χ0n) is 17.9. The number of aliphatic hydroxyl groups excluding tert-OH is 1. The summed E-state index contributed by atoms with van der Waals surface area (Å²) in [4.78, 5) is 37.2. The van der Waals surface area contributed by atoms with E-state index in [1.165, 1.54) is 13.8 Å². The van der Waals surface area contributed by atoms with Crippen molar-refractivity contribution in [2.45, 2.75) is 65.1 Å². The Morgan fingerprint density at radius 3 is 2.57 bits per heavy atom. The lowest BCUT2D eigenvalue weighted by Gasteiger charge is -2.58. The quantitative estimate of drug-likeness (QED) is 0.674. The van der Waals surface area contributed by atoms with E-state index >= 15 is 0 Å². The number of rotatable bonds is 2. The van der Waals surface area contributed by atoms with Gasteiger partial charge in [0, 0.05) is 41.0 Å². The van der Waals surface area contributed by atoms with Gasteiger partial charge >= 0.3 is 5.97 Å². The molecule has 0 aromatic carbocycles. The second-order valence-corrected chi connectivity index (χ2v) is 11.0. The minimum absolute atomic E-state index is 0.0281. The predicted molar refractivity (Wildman–Crippen MR) is 110 cm³/mol. The van der Waals surface area contributed by atoms with Crippen LogP contribution in [-0.4, -0.2) is 34.3 Å². The summed E-state index contributed by atoms with van der Waals surface area (Å²) in [6, 6.07) is 0. The number of allylic oxidation sites excluding steroid dienone is 4. The highest BCUT2D eigenvalue weighted by Crippen LogP contribution is 2.72. The summed E-state index contributed by atoms with van der Waals surface area (Å²) in [5, 5.41) is 11.8. The molecule has 30 heavy (non-hydrogen) atoms. The monoisotopic (exact) mass is 432 g/mol. The van der Waals surface area contributed by atoms with Gasteiger partial charge in [-0.3, -0.25) is 14.4 Å². The topological polar surface area (TPSA) is 80.7 Å². The van der Waals surface area contributed by atoms with Gasteiger partial charge in [0.2, 0.25) is 0 Å². The molecule has 0 aromatic rings. The molecule has 0 aromatic heterocycles. The Hall–Kier alpha value is -1.46. The van der Waals surface area contributed by atoms with Crippen LogP contribution >= 0.6 is 11.6 Å². The molecule has 0 heterocycles. The summed E-state index contributed by atoms with van der Waals surface area (Å²) >= 11 is 6.76. The number of ether oxygens (including phenoxy) is 1. The minimum atomic E-state index is -1.31. The maximum Gasteiger partial charge on any atom is 0.303 e. The van der Waals surface area contributed by atoms with Crippen molar-refractivity contribution >= 4 is 29.1 Å². The fourth-order valence-electron chi connectivity index (χ4n) is 8.07. The molecule has 9 atom stereocenters. The summed E-state index contributed by atoms with van der Waals surface area (Å²) in [7, 11) is 0. The van der Waals surface area contributed by atoms with Crippen LogP contribution < -0.4 is 0 Å².